The highest BCUT2D eigenvalue weighted by molar-refractivity contribution is 6.05. The maximum absolute atomic E-state index is 13.3. The van der Waals surface area contributed by atoms with Crippen LogP contribution in [0, 0.1) is 0 Å². The molecule has 0 radical (unpaired) electrons. The molecule has 6 N–H and O–H groups in total. The molecular weight excluding hydrogens is 412 g/mol. The largest absolute Gasteiger partial charge is 0.508 e. The average Bonchev–Trinajstić information content (AvgIpc) is 2.72. The molecule has 0 saturated carbocycles. The number of ether oxygens (including phenoxy) is 3. The van der Waals surface area contributed by atoms with E-state index in [9.17, 15) is 35.4 Å². The van der Waals surface area contributed by atoms with E-state index in [-0.39, 0.29) is 22.8 Å². The Morgan fingerprint density at radius 2 is 1.58 bits per heavy atom. The predicted octanol–water partition coefficient (Wildman–Crippen LogP) is 0.332. The molecule has 10 heteroatoms. The van der Waals surface area contributed by atoms with Crippen LogP contribution in [0.3, 0.4) is 0 Å². The first kappa shape index (κ1) is 21.3. The molecule has 2 aromatic rings. The van der Waals surface area contributed by atoms with E-state index in [4.69, 9.17) is 14.2 Å². The van der Waals surface area contributed by atoms with E-state index in [1.165, 1.54) is 37.3 Å². The fraction of sp³-hybridized carbons (Fsp3) is 0.381. The lowest BCUT2D eigenvalue weighted by Gasteiger charge is -2.42. The molecular formula is C21H22O10. The third-order valence-electron chi connectivity index (χ3n) is 5.41. The highest BCUT2D eigenvalue weighted by Crippen LogP contribution is 2.43. The van der Waals surface area contributed by atoms with Gasteiger partial charge in [0.25, 0.3) is 0 Å². The number of carbonyl (C=O) groups is 1. The molecule has 166 valence electrons. The maximum atomic E-state index is 13.3. The van der Waals surface area contributed by atoms with Gasteiger partial charge in [0.1, 0.15) is 46.9 Å². The predicted molar refractivity (Wildman–Crippen MR) is 103 cm³/mol. The average molecular weight is 434 g/mol. The summed E-state index contributed by atoms with van der Waals surface area (Å²) in [5.41, 5.74) is 0.195. The second kappa shape index (κ2) is 7.98. The maximum Gasteiger partial charge on any atom is 0.203 e. The molecule has 0 spiro atoms. The zero-order chi connectivity index (χ0) is 22.4. The lowest BCUT2D eigenvalue weighted by Crippen LogP contribution is -2.59. The van der Waals surface area contributed by atoms with E-state index in [0.29, 0.717) is 5.56 Å². The number of rotatable bonds is 3. The topological polar surface area (TPSA) is 166 Å². The van der Waals surface area contributed by atoms with Crippen LogP contribution in [-0.4, -0.2) is 73.2 Å². The minimum absolute atomic E-state index is 0.0176. The first-order valence-corrected chi connectivity index (χ1v) is 9.58. The van der Waals surface area contributed by atoms with Crippen LogP contribution >= 0.6 is 0 Å². The van der Waals surface area contributed by atoms with E-state index >= 15 is 0 Å². The van der Waals surface area contributed by atoms with Crippen molar-refractivity contribution >= 4 is 5.78 Å². The molecule has 4 rings (SSSR count). The standard InChI is InChI=1S/C21H22O10/c1-8-15(25)17(27)18(28)21(29-8)31-20-16(26)14-12(24)6-11(23)7-13(14)30-19(20)9-2-4-10(22)5-3-9/h2-8,15,17-25,27-28H,1H3/t8-,15-,17+,18+,19+,20?,21-/m0/s1. The summed E-state index contributed by atoms with van der Waals surface area (Å²) < 4.78 is 17.0. The van der Waals surface area contributed by atoms with E-state index in [1.807, 2.05) is 0 Å². The van der Waals surface area contributed by atoms with Crippen LogP contribution in [-0.2, 0) is 9.47 Å². The molecule has 1 fully saturated rings. The molecule has 7 atom stereocenters. The molecule has 1 unspecified atom stereocenters. The minimum Gasteiger partial charge on any atom is -0.508 e. The van der Waals surface area contributed by atoms with Gasteiger partial charge in [0, 0.05) is 12.1 Å². The summed E-state index contributed by atoms with van der Waals surface area (Å²) in [4.78, 5) is 13.3. The van der Waals surface area contributed by atoms with E-state index in [1.54, 1.807) is 0 Å². The van der Waals surface area contributed by atoms with Gasteiger partial charge in [-0.2, -0.15) is 0 Å². The Morgan fingerprint density at radius 1 is 0.903 bits per heavy atom. The normalized spacial score (nSPS) is 32.9. The quantitative estimate of drug-likeness (QED) is 0.396. The SMILES string of the molecule is C[C@@H]1O[C@@H](OC2C(=O)c3c(O)cc(O)cc3O[C@@H]2c2ccc(O)cc2)[C@H](O)[C@H](O)[C@H]1O. The molecule has 0 aromatic heterocycles. The van der Waals surface area contributed by atoms with Crippen molar-refractivity contribution in [1.82, 2.24) is 0 Å². The third kappa shape index (κ3) is 3.80. The van der Waals surface area contributed by atoms with E-state index < -0.39 is 54.4 Å². The second-order valence-corrected chi connectivity index (χ2v) is 7.57. The summed E-state index contributed by atoms with van der Waals surface area (Å²) >= 11 is 0. The molecule has 2 aliphatic heterocycles. The fourth-order valence-electron chi connectivity index (χ4n) is 3.72. The Kier molecular flexibility index (Phi) is 5.50. The van der Waals surface area contributed by atoms with Gasteiger partial charge in [-0.05, 0) is 24.6 Å². The molecule has 0 bridgehead atoms. The lowest BCUT2D eigenvalue weighted by atomic mass is 9.92. The fourth-order valence-corrected chi connectivity index (χ4v) is 3.72. The summed E-state index contributed by atoms with van der Waals surface area (Å²) in [6.07, 6.45) is -9.49. The minimum atomic E-state index is -1.66. The first-order chi connectivity index (χ1) is 14.7. The molecule has 0 aliphatic carbocycles. The first-order valence-electron chi connectivity index (χ1n) is 9.58. The highest BCUT2D eigenvalue weighted by atomic mass is 16.7. The van der Waals surface area contributed by atoms with Crippen molar-refractivity contribution in [2.75, 3.05) is 0 Å². The van der Waals surface area contributed by atoms with Crippen molar-refractivity contribution in [2.24, 2.45) is 0 Å². The van der Waals surface area contributed by atoms with Gasteiger partial charge in [-0.3, -0.25) is 4.79 Å². The summed E-state index contributed by atoms with van der Waals surface area (Å²) in [6.45, 7) is 1.47. The smallest absolute Gasteiger partial charge is 0.203 e. The Labute approximate surface area is 176 Å². The van der Waals surface area contributed by atoms with E-state index in [0.717, 1.165) is 6.07 Å². The molecule has 10 nitrogen and oxygen atoms in total. The number of phenolic OH excluding ortho intramolecular Hbond substituents is 3. The van der Waals surface area contributed by atoms with Crippen molar-refractivity contribution in [3.05, 3.63) is 47.5 Å². The van der Waals surface area contributed by atoms with Gasteiger partial charge < -0.3 is 44.8 Å². The molecule has 2 aromatic carbocycles. The molecule has 0 amide bonds. The number of ketones is 1. The summed E-state index contributed by atoms with van der Waals surface area (Å²) in [7, 11) is 0. The Bertz CT molecular complexity index is 975. The monoisotopic (exact) mass is 434 g/mol. The van der Waals surface area contributed by atoms with Crippen molar-refractivity contribution < 1.29 is 49.6 Å². The number of aromatic hydroxyl groups is 3. The second-order valence-electron chi connectivity index (χ2n) is 7.57. The zero-order valence-corrected chi connectivity index (χ0v) is 16.3. The van der Waals surface area contributed by atoms with Crippen LogP contribution in [0.15, 0.2) is 36.4 Å². The van der Waals surface area contributed by atoms with Gasteiger partial charge in [0.2, 0.25) is 5.78 Å². The van der Waals surface area contributed by atoms with Crippen LogP contribution in [0.25, 0.3) is 0 Å². The van der Waals surface area contributed by atoms with Crippen LogP contribution in [0.1, 0.15) is 28.9 Å². The molecule has 31 heavy (non-hydrogen) atoms. The number of benzene rings is 2. The van der Waals surface area contributed by atoms with Crippen molar-refractivity contribution in [3.8, 4) is 23.0 Å². The van der Waals surface area contributed by atoms with Gasteiger partial charge >= 0.3 is 0 Å². The van der Waals surface area contributed by atoms with Crippen LogP contribution < -0.4 is 4.74 Å². The number of hydrogen-bond acceptors (Lipinski definition) is 10. The van der Waals surface area contributed by atoms with Crippen LogP contribution in [0.4, 0.5) is 0 Å². The van der Waals surface area contributed by atoms with Crippen LogP contribution in [0.5, 0.6) is 23.0 Å². The van der Waals surface area contributed by atoms with Gasteiger partial charge in [0.15, 0.2) is 18.5 Å². The molecule has 1 saturated heterocycles. The number of aliphatic hydroxyl groups is 3. The third-order valence-corrected chi connectivity index (χ3v) is 5.41. The number of Topliss-reactive ketones (excluding diaryl/α,β-unsaturated/α-hetero) is 1. The lowest BCUT2D eigenvalue weighted by molar-refractivity contribution is -0.304. The Hall–Kier alpha value is -2.89. The van der Waals surface area contributed by atoms with Gasteiger partial charge in [0.05, 0.1) is 6.10 Å². The van der Waals surface area contributed by atoms with Crippen molar-refractivity contribution in [3.63, 3.8) is 0 Å². The summed E-state index contributed by atoms with van der Waals surface area (Å²) in [5.74, 6) is -1.64. The Balaban J connectivity index is 1.73. The van der Waals surface area contributed by atoms with Crippen molar-refractivity contribution in [1.29, 1.82) is 0 Å². The highest BCUT2D eigenvalue weighted by Gasteiger charge is 2.48. The zero-order valence-electron chi connectivity index (χ0n) is 16.3. The Morgan fingerprint density at radius 3 is 2.26 bits per heavy atom. The molecule has 2 aliphatic rings. The number of aliphatic hydroxyl groups excluding tert-OH is 3. The van der Waals surface area contributed by atoms with Crippen LogP contribution in [0.2, 0.25) is 0 Å². The van der Waals surface area contributed by atoms with Gasteiger partial charge in [-0.1, -0.05) is 12.1 Å². The number of phenols is 3. The van der Waals surface area contributed by atoms with Crippen molar-refractivity contribution in [2.45, 2.75) is 49.8 Å². The number of carbonyl (C=O) groups excluding carboxylic acids is 1. The number of fused-ring (bicyclic) bond motifs is 1. The summed E-state index contributed by atoms with van der Waals surface area (Å²) in [6, 6.07) is 7.90. The van der Waals surface area contributed by atoms with Gasteiger partial charge in [-0.25, -0.2) is 0 Å². The summed E-state index contributed by atoms with van der Waals surface area (Å²) in [5, 5.41) is 59.8. The van der Waals surface area contributed by atoms with E-state index in [2.05, 4.69) is 0 Å². The number of hydrogen-bond donors (Lipinski definition) is 6. The van der Waals surface area contributed by atoms with Gasteiger partial charge in [-0.15, -0.1) is 0 Å². The molecule has 2 heterocycles.